The summed E-state index contributed by atoms with van der Waals surface area (Å²) in [6, 6.07) is -0.487. The maximum absolute atomic E-state index is 12.4. The molecule has 0 spiro atoms. The summed E-state index contributed by atoms with van der Waals surface area (Å²) in [5.41, 5.74) is 0.668. The number of carbonyl (C=O) groups excluding carboxylic acids is 3. The molecule has 0 radical (unpaired) electrons. The van der Waals surface area contributed by atoms with Crippen LogP contribution in [0.15, 0.2) is 11.6 Å². The molecule has 0 aliphatic carbocycles. The predicted molar refractivity (Wildman–Crippen MR) is 90.8 cm³/mol. The molecule has 2 aliphatic heterocycles. The summed E-state index contributed by atoms with van der Waals surface area (Å²) in [5.74, 6) is 0.727. The molecule has 0 saturated carbocycles. The van der Waals surface area contributed by atoms with Crippen molar-refractivity contribution in [3.8, 4) is 0 Å². The topological polar surface area (TPSA) is 69.7 Å². The minimum absolute atomic E-state index is 0.0197. The smallest absolute Gasteiger partial charge is 0.250 e. The third-order valence-electron chi connectivity index (χ3n) is 4.17. The molecule has 23 heavy (non-hydrogen) atoms. The van der Waals surface area contributed by atoms with E-state index in [1.807, 2.05) is 13.0 Å². The summed E-state index contributed by atoms with van der Waals surface area (Å²) in [6.07, 6.45) is 4.73. The molecule has 2 saturated heterocycles. The highest BCUT2D eigenvalue weighted by Gasteiger charge is 2.35. The van der Waals surface area contributed by atoms with E-state index in [1.165, 1.54) is 0 Å². The van der Waals surface area contributed by atoms with Gasteiger partial charge in [0.2, 0.25) is 11.8 Å². The number of amides is 3. The van der Waals surface area contributed by atoms with Gasteiger partial charge in [-0.3, -0.25) is 14.4 Å². The number of nitrogens with one attached hydrogen (secondary N) is 1. The average molecular weight is 339 g/mol. The molecule has 2 fully saturated rings. The average Bonchev–Trinajstić information content (AvgIpc) is 3.22. The normalized spacial score (nSPS) is 21.7. The summed E-state index contributed by atoms with van der Waals surface area (Å²) in [6.45, 7) is 5.33. The van der Waals surface area contributed by atoms with E-state index in [0.717, 1.165) is 32.4 Å². The number of nitrogens with zero attached hydrogens (tertiary/aromatic N) is 2. The van der Waals surface area contributed by atoms with Gasteiger partial charge in [0.05, 0.1) is 12.4 Å². The summed E-state index contributed by atoms with van der Waals surface area (Å²) < 4.78 is 0. The minimum atomic E-state index is -0.487. The van der Waals surface area contributed by atoms with Crippen LogP contribution in [-0.4, -0.2) is 64.8 Å². The van der Waals surface area contributed by atoms with Crippen LogP contribution in [0, 0.1) is 0 Å². The van der Waals surface area contributed by atoms with Gasteiger partial charge in [-0.25, -0.2) is 0 Å². The molecule has 0 aromatic rings. The maximum Gasteiger partial charge on any atom is 0.250 e. The van der Waals surface area contributed by atoms with Crippen molar-refractivity contribution in [2.75, 3.05) is 31.3 Å². The Kier molecular flexibility index (Phi) is 6.50. The van der Waals surface area contributed by atoms with E-state index >= 15 is 0 Å². The lowest BCUT2D eigenvalue weighted by molar-refractivity contribution is -0.137. The number of carbonyl (C=O) groups is 3. The molecule has 3 amide bonds. The zero-order valence-electron chi connectivity index (χ0n) is 13.8. The number of rotatable bonds is 5. The van der Waals surface area contributed by atoms with Crippen molar-refractivity contribution in [2.45, 2.75) is 39.2 Å². The highest BCUT2D eigenvalue weighted by Crippen LogP contribution is 2.23. The minimum Gasteiger partial charge on any atom is -0.345 e. The Labute approximate surface area is 141 Å². The first kappa shape index (κ1) is 17.8. The molecule has 0 aromatic carbocycles. The number of likely N-dealkylation sites (tertiary alicyclic amines) is 1. The quantitative estimate of drug-likeness (QED) is 0.758. The Morgan fingerprint density at radius 1 is 1.26 bits per heavy atom. The molecular weight excluding hydrogens is 314 g/mol. The number of hydrogen-bond donors (Lipinski definition) is 1. The number of allylic oxidation sites excluding steroid dienone is 1. The highest BCUT2D eigenvalue weighted by atomic mass is 32.2. The van der Waals surface area contributed by atoms with Crippen molar-refractivity contribution in [3.05, 3.63) is 11.6 Å². The van der Waals surface area contributed by atoms with Crippen LogP contribution in [0.3, 0.4) is 0 Å². The van der Waals surface area contributed by atoms with Gasteiger partial charge in [0.1, 0.15) is 6.04 Å². The van der Waals surface area contributed by atoms with Gasteiger partial charge in [0, 0.05) is 24.4 Å². The zero-order valence-corrected chi connectivity index (χ0v) is 14.7. The second-order valence-electron chi connectivity index (χ2n) is 5.89. The van der Waals surface area contributed by atoms with E-state index in [0.29, 0.717) is 17.2 Å². The van der Waals surface area contributed by atoms with Crippen molar-refractivity contribution in [2.24, 2.45) is 0 Å². The molecule has 2 heterocycles. The van der Waals surface area contributed by atoms with Gasteiger partial charge in [0.15, 0.2) is 0 Å². The molecule has 1 atom stereocenters. The largest absolute Gasteiger partial charge is 0.345 e. The van der Waals surface area contributed by atoms with Crippen LogP contribution in [0.25, 0.3) is 0 Å². The van der Waals surface area contributed by atoms with Crippen LogP contribution in [-0.2, 0) is 14.4 Å². The van der Waals surface area contributed by atoms with Gasteiger partial charge in [-0.15, -0.1) is 11.8 Å². The van der Waals surface area contributed by atoms with E-state index in [-0.39, 0.29) is 24.3 Å². The molecule has 7 heteroatoms. The summed E-state index contributed by atoms with van der Waals surface area (Å²) >= 11 is 1.56. The Balaban J connectivity index is 1.88. The molecular formula is C16H25N3O3S. The van der Waals surface area contributed by atoms with Gasteiger partial charge in [-0.05, 0) is 26.2 Å². The van der Waals surface area contributed by atoms with E-state index in [9.17, 15) is 14.4 Å². The fourth-order valence-corrected chi connectivity index (χ4v) is 3.99. The van der Waals surface area contributed by atoms with Crippen LogP contribution in [0.5, 0.6) is 0 Å². The van der Waals surface area contributed by atoms with Crippen molar-refractivity contribution in [1.82, 2.24) is 15.1 Å². The van der Waals surface area contributed by atoms with Crippen LogP contribution < -0.4 is 5.32 Å². The molecule has 128 valence electrons. The Morgan fingerprint density at radius 3 is 2.61 bits per heavy atom. The zero-order chi connectivity index (χ0) is 16.8. The van der Waals surface area contributed by atoms with Crippen LogP contribution in [0.4, 0.5) is 0 Å². The van der Waals surface area contributed by atoms with E-state index in [1.54, 1.807) is 28.5 Å². The maximum atomic E-state index is 12.4. The van der Waals surface area contributed by atoms with E-state index < -0.39 is 6.04 Å². The van der Waals surface area contributed by atoms with Crippen molar-refractivity contribution in [1.29, 1.82) is 0 Å². The first-order valence-corrected chi connectivity index (χ1v) is 9.31. The predicted octanol–water partition coefficient (Wildman–Crippen LogP) is 0.983. The molecule has 0 bridgehead atoms. The lowest BCUT2D eigenvalue weighted by Gasteiger charge is -2.24. The molecule has 2 rings (SSSR count). The van der Waals surface area contributed by atoms with Crippen molar-refractivity contribution >= 4 is 29.5 Å². The van der Waals surface area contributed by atoms with Crippen LogP contribution in [0.1, 0.15) is 33.1 Å². The number of thioether (sulfide) groups is 1. The van der Waals surface area contributed by atoms with E-state index in [2.05, 4.69) is 5.32 Å². The molecule has 0 aromatic heterocycles. The standard InChI is InChI=1S/C16H25N3O3S/c1-3-6-12(2)16(22)19-11-23-10-13(19)15(21)17-9-14(20)18-7-4-5-8-18/h6,13H,3-5,7-11H2,1-2H3,(H,17,21)/b12-6-/t13-/m1/s1. The molecule has 1 N–H and O–H groups in total. The van der Waals surface area contributed by atoms with Crippen molar-refractivity contribution in [3.63, 3.8) is 0 Å². The lowest BCUT2D eigenvalue weighted by Crippen LogP contribution is -2.49. The highest BCUT2D eigenvalue weighted by molar-refractivity contribution is 7.99. The first-order chi connectivity index (χ1) is 11.0. The molecule has 0 unspecified atom stereocenters. The third kappa shape index (κ3) is 4.50. The van der Waals surface area contributed by atoms with Gasteiger partial charge < -0.3 is 15.1 Å². The summed E-state index contributed by atoms with van der Waals surface area (Å²) in [7, 11) is 0. The summed E-state index contributed by atoms with van der Waals surface area (Å²) in [4.78, 5) is 40.1. The van der Waals surface area contributed by atoms with Crippen molar-refractivity contribution < 1.29 is 14.4 Å². The van der Waals surface area contributed by atoms with Gasteiger partial charge in [0.25, 0.3) is 5.91 Å². The third-order valence-corrected chi connectivity index (χ3v) is 5.18. The summed E-state index contributed by atoms with van der Waals surface area (Å²) in [5, 5.41) is 2.70. The SMILES string of the molecule is CC/C=C(/C)C(=O)N1CSC[C@@H]1C(=O)NCC(=O)N1CCCC1. The van der Waals surface area contributed by atoms with Crippen LogP contribution >= 0.6 is 11.8 Å². The Morgan fingerprint density at radius 2 is 1.96 bits per heavy atom. The molecule has 6 nitrogen and oxygen atoms in total. The fourth-order valence-electron chi connectivity index (χ4n) is 2.84. The Hall–Kier alpha value is -1.50. The van der Waals surface area contributed by atoms with Crippen LogP contribution in [0.2, 0.25) is 0 Å². The Bertz CT molecular complexity index is 501. The van der Waals surface area contributed by atoms with Gasteiger partial charge >= 0.3 is 0 Å². The lowest BCUT2D eigenvalue weighted by atomic mass is 10.2. The monoisotopic (exact) mass is 339 g/mol. The van der Waals surface area contributed by atoms with Gasteiger partial charge in [-0.1, -0.05) is 13.0 Å². The molecule has 2 aliphatic rings. The second kappa shape index (κ2) is 8.38. The van der Waals surface area contributed by atoms with E-state index in [4.69, 9.17) is 0 Å². The second-order valence-corrected chi connectivity index (χ2v) is 6.89. The fraction of sp³-hybridized carbons (Fsp3) is 0.688. The first-order valence-electron chi connectivity index (χ1n) is 8.15. The number of hydrogen-bond acceptors (Lipinski definition) is 4. The van der Waals surface area contributed by atoms with Gasteiger partial charge in [-0.2, -0.15) is 0 Å².